The zero-order valence-corrected chi connectivity index (χ0v) is 13.0. The first-order valence-electron chi connectivity index (χ1n) is 6.74. The number of carbonyl (C=O) groups excluding carboxylic acids is 1. The molecule has 0 bridgehead atoms. The maximum absolute atomic E-state index is 12.6. The van der Waals surface area contributed by atoms with E-state index in [-0.39, 0.29) is 4.75 Å². The number of rotatable bonds is 4. The third-order valence-corrected chi connectivity index (χ3v) is 6.12. The van der Waals surface area contributed by atoms with Gasteiger partial charge in [-0.1, -0.05) is 35.2 Å². The van der Waals surface area contributed by atoms with Crippen LogP contribution in [0.3, 0.4) is 0 Å². The van der Waals surface area contributed by atoms with Crippen LogP contribution in [0.2, 0.25) is 0 Å². The van der Waals surface area contributed by atoms with E-state index in [0.717, 1.165) is 37.6 Å². The molecular weight excluding hydrogens is 298 g/mol. The van der Waals surface area contributed by atoms with Crippen LogP contribution >= 0.6 is 27.7 Å². The minimum Gasteiger partial charge on any atom is -0.330 e. The maximum Gasteiger partial charge on any atom is 0.239 e. The molecule has 2 nitrogen and oxygen atoms in total. The molecule has 1 aliphatic heterocycles. The molecule has 2 rings (SSSR count). The molecule has 17 heavy (non-hydrogen) atoms. The molecule has 2 aliphatic rings. The van der Waals surface area contributed by atoms with Gasteiger partial charge in [-0.3, -0.25) is 4.79 Å². The lowest BCUT2D eigenvalue weighted by atomic mass is 9.87. The first-order valence-corrected chi connectivity index (χ1v) is 8.74. The van der Waals surface area contributed by atoms with E-state index < -0.39 is 0 Å². The summed E-state index contributed by atoms with van der Waals surface area (Å²) < 4.78 is -0.0356. The van der Waals surface area contributed by atoms with Crippen LogP contribution < -0.4 is 0 Å². The molecule has 1 atom stereocenters. The molecule has 1 amide bonds. The van der Waals surface area contributed by atoms with Crippen molar-refractivity contribution < 1.29 is 4.79 Å². The Morgan fingerprint density at radius 2 is 2.06 bits per heavy atom. The lowest BCUT2D eigenvalue weighted by molar-refractivity contribution is -0.133. The normalized spacial score (nSPS) is 28.0. The molecule has 0 N–H and O–H groups in total. The summed E-state index contributed by atoms with van der Waals surface area (Å²) >= 11 is 5.38. The maximum atomic E-state index is 12.6. The van der Waals surface area contributed by atoms with E-state index in [1.165, 1.54) is 19.3 Å². The van der Waals surface area contributed by atoms with Gasteiger partial charge in [0.05, 0.1) is 10.1 Å². The van der Waals surface area contributed by atoms with Gasteiger partial charge in [-0.15, -0.1) is 11.8 Å². The van der Waals surface area contributed by atoms with Crippen molar-refractivity contribution in [2.75, 3.05) is 11.9 Å². The number of carbonyl (C=O) groups is 1. The summed E-state index contributed by atoms with van der Waals surface area (Å²) in [6, 6.07) is 0. The van der Waals surface area contributed by atoms with Crippen molar-refractivity contribution in [2.45, 2.75) is 62.0 Å². The molecule has 0 aromatic heterocycles. The number of hydrogen-bond donors (Lipinski definition) is 0. The summed E-state index contributed by atoms with van der Waals surface area (Å²) in [6.07, 6.45) is 8.28. The molecule has 0 aromatic rings. The van der Waals surface area contributed by atoms with Crippen LogP contribution in [0.4, 0.5) is 0 Å². The van der Waals surface area contributed by atoms with Crippen LogP contribution in [-0.2, 0) is 4.79 Å². The second-order valence-electron chi connectivity index (χ2n) is 5.17. The van der Waals surface area contributed by atoms with Crippen molar-refractivity contribution in [1.82, 2.24) is 4.90 Å². The minimum absolute atomic E-state index is 0.0356. The Labute approximate surface area is 117 Å². The predicted molar refractivity (Wildman–Crippen MR) is 77.6 cm³/mol. The van der Waals surface area contributed by atoms with Gasteiger partial charge in [-0.25, -0.2) is 0 Å². The molecule has 2 fully saturated rings. The van der Waals surface area contributed by atoms with E-state index in [9.17, 15) is 4.79 Å². The summed E-state index contributed by atoms with van der Waals surface area (Å²) in [4.78, 5) is 14.7. The lowest BCUT2D eigenvalue weighted by Crippen LogP contribution is -2.41. The van der Waals surface area contributed by atoms with Gasteiger partial charge in [0.2, 0.25) is 5.91 Å². The molecule has 1 unspecified atom stereocenters. The fourth-order valence-corrected chi connectivity index (χ4v) is 5.10. The Kier molecular flexibility index (Phi) is 4.81. The van der Waals surface area contributed by atoms with Crippen molar-refractivity contribution in [3.05, 3.63) is 0 Å². The monoisotopic (exact) mass is 319 g/mol. The molecule has 1 heterocycles. The topological polar surface area (TPSA) is 20.3 Å². The van der Waals surface area contributed by atoms with Crippen LogP contribution in [0, 0.1) is 0 Å². The summed E-state index contributed by atoms with van der Waals surface area (Å²) in [6.45, 7) is 3.14. The van der Waals surface area contributed by atoms with Gasteiger partial charge >= 0.3 is 0 Å². The first kappa shape index (κ1) is 13.7. The Bertz CT molecular complexity index is 279. The van der Waals surface area contributed by atoms with Crippen molar-refractivity contribution in [3.63, 3.8) is 0 Å². The highest BCUT2D eigenvalue weighted by Gasteiger charge is 2.50. The number of hydrogen-bond acceptors (Lipinski definition) is 2. The number of thioether (sulfide) groups is 1. The third kappa shape index (κ3) is 2.83. The minimum atomic E-state index is -0.0356. The van der Waals surface area contributed by atoms with E-state index in [2.05, 4.69) is 27.8 Å². The highest BCUT2D eigenvalue weighted by Crippen LogP contribution is 2.49. The van der Waals surface area contributed by atoms with Gasteiger partial charge < -0.3 is 4.90 Å². The number of alkyl halides is 1. The van der Waals surface area contributed by atoms with Crippen LogP contribution in [0.1, 0.15) is 51.9 Å². The highest BCUT2D eigenvalue weighted by atomic mass is 79.9. The van der Waals surface area contributed by atoms with Crippen molar-refractivity contribution in [1.29, 1.82) is 0 Å². The van der Waals surface area contributed by atoms with Crippen LogP contribution in [-0.4, -0.2) is 32.8 Å². The standard InChI is InChI=1S/C13H22BrNOS/c1-11-15(10-6-5-9-14)12(16)13(17-11)7-3-2-4-8-13/h11H,2-10H2,1H3. The quantitative estimate of drug-likeness (QED) is 0.580. The number of halogens is 1. The Morgan fingerprint density at radius 1 is 1.35 bits per heavy atom. The van der Waals surface area contributed by atoms with E-state index in [0.29, 0.717) is 11.3 Å². The van der Waals surface area contributed by atoms with Gasteiger partial charge in [0.15, 0.2) is 0 Å². The zero-order chi connectivity index (χ0) is 12.3. The Morgan fingerprint density at radius 3 is 2.71 bits per heavy atom. The van der Waals surface area contributed by atoms with Gasteiger partial charge in [0, 0.05) is 11.9 Å². The van der Waals surface area contributed by atoms with Crippen molar-refractivity contribution in [2.24, 2.45) is 0 Å². The average molecular weight is 320 g/mol. The average Bonchev–Trinajstić information content (AvgIpc) is 2.55. The van der Waals surface area contributed by atoms with Gasteiger partial charge in [-0.05, 0) is 32.6 Å². The second kappa shape index (κ2) is 5.96. The molecule has 0 radical (unpaired) electrons. The van der Waals surface area contributed by atoms with Gasteiger partial charge in [-0.2, -0.15) is 0 Å². The molecule has 1 saturated heterocycles. The van der Waals surface area contributed by atoms with Crippen LogP contribution in [0.25, 0.3) is 0 Å². The van der Waals surface area contributed by atoms with E-state index in [1.807, 2.05) is 11.8 Å². The summed E-state index contributed by atoms with van der Waals surface area (Å²) in [7, 11) is 0. The predicted octanol–water partition coefficient (Wildman–Crippen LogP) is 3.79. The molecule has 1 aliphatic carbocycles. The fraction of sp³-hybridized carbons (Fsp3) is 0.923. The molecular formula is C13H22BrNOS. The number of amides is 1. The van der Waals surface area contributed by atoms with E-state index in [4.69, 9.17) is 0 Å². The molecule has 1 spiro atoms. The van der Waals surface area contributed by atoms with E-state index >= 15 is 0 Å². The number of nitrogens with zero attached hydrogens (tertiary/aromatic N) is 1. The first-order chi connectivity index (χ1) is 8.19. The van der Waals surface area contributed by atoms with Crippen molar-refractivity contribution >= 4 is 33.6 Å². The molecule has 1 saturated carbocycles. The largest absolute Gasteiger partial charge is 0.330 e. The van der Waals surface area contributed by atoms with Gasteiger partial charge in [0.1, 0.15) is 0 Å². The summed E-state index contributed by atoms with van der Waals surface area (Å²) in [5.41, 5.74) is 0. The smallest absolute Gasteiger partial charge is 0.239 e. The van der Waals surface area contributed by atoms with Gasteiger partial charge in [0.25, 0.3) is 0 Å². The van der Waals surface area contributed by atoms with E-state index in [1.54, 1.807) is 0 Å². The fourth-order valence-electron chi connectivity index (χ4n) is 2.98. The molecule has 98 valence electrons. The Balaban J connectivity index is 1.97. The second-order valence-corrected chi connectivity index (χ2v) is 7.66. The third-order valence-electron chi connectivity index (χ3n) is 3.93. The molecule has 0 aromatic carbocycles. The summed E-state index contributed by atoms with van der Waals surface area (Å²) in [5.74, 6) is 0.435. The molecule has 4 heteroatoms. The number of unbranched alkanes of at least 4 members (excludes halogenated alkanes) is 1. The van der Waals surface area contributed by atoms with Crippen LogP contribution in [0.15, 0.2) is 0 Å². The highest BCUT2D eigenvalue weighted by molar-refractivity contribution is 9.09. The zero-order valence-electron chi connectivity index (χ0n) is 10.6. The summed E-state index contributed by atoms with van der Waals surface area (Å²) in [5, 5.41) is 1.43. The van der Waals surface area contributed by atoms with Crippen LogP contribution in [0.5, 0.6) is 0 Å². The lowest BCUT2D eigenvalue weighted by Gasteiger charge is -2.30. The SMILES string of the molecule is CC1SC2(CCCCC2)C(=O)N1CCCCBr. The van der Waals surface area contributed by atoms with Crippen molar-refractivity contribution in [3.8, 4) is 0 Å². The Hall–Kier alpha value is 0.300.